The number of hydrogen-bond acceptors (Lipinski definition) is 4. The lowest BCUT2D eigenvalue weighted by atomic mass is 10.1. The Hall–Kier alpha value is -1.50. The number of aryl methyl sites for hydroxylation is 2. The molecule has 2 aromatic rings. The third-order valence-corrected chi connectivity index (χ3v) is 5.75. The monoisotopic (exact) mass is 380 g/mol. The summed E-state index contributed by atoms with van der Waals surface area (Å²) in [5.41, 5.74) is 0.276. The van der Waals surface area contributed by atoms with E-state index in [9.17, 15) is 9.59 Å². The third-order valence-electron chi connectivity index (χ3n) is 4.69. The van der Waals surface area contributed by atoms with Crippen molar-refractivity contribution in [3.8, 4) is 0 Å². The second kappa shape index (κ2) is 10.6. The summed E-state index contributed by atoms with van der Waals surface area (Å²) in [6.45, 7) is 5.19. The normalized spacial score (nSPS) is 11.5. The average molecular weight is 381 g/mol. The summed E-state index contributed by atoms with van der Waals surface area (Å²) in [6.07, 6.45) is 10.7. The molecule has 146 valence electrons. The molecule has 0 fully saturated rings. The van der Waals surface area contributed by atoms with Gasteiger partial charge in [-0.2, -0.15) is 0 Å². The first-order chi connectivity index (χ1) is 12.6. The van der Waals surface area contributed by atoms with Crippen molar-refractivity contribution in [2.24, 2.45) is 7.05 Å². The zero-order chi connectivity index (χ0) is 18.9. The standard InChI is InChI=1S/C19H32N4O2S/c1-4-6-8-10-11-13-23-15-16(22(3)18(25)21-17(15)24)20-19(23)26-14-12-9-7-5-2/h4-14H2,1-3H3,(H,21,24,25). The van der Waals surface area contributed by atoms with Crippen LogP contribution in [-0.4, -0.2) is 24.9 Å². The molecule has 0 radical (unpaired) electrons. The maximum atomic E-state index is 12.4. The first-order valence-corrected chi connectivity index (χ1v) is 10.9. The lowest BCUT2D eigenvalue weighted by molar-refractivity contribution is 0.551. The maximum Gasteiger partial charge on any atom is 0.329 e. The first kappa shape index (κ1) is 20.8. The Labute approximate surface area is 159 Å². The minimum atomic E-state index is -0.408. The first-order valence-electron chi connectivity index (χ1n) is 9.92. The van der Waals surface area contributed by atoms with Crippen LogP contribution in [-0.2, 0) is 13.6 Å². The molecular formula is C19H32N4O2S. The van der Waals surface area contributed by atoms with Crippen molar-refractivity contribution >= 4 is 22.9 Å². The Bertz CT molecular complexity index is 806. The average Bonchev–Trinajstić information content (AvgIpc) is 2.98. The number of nitrogens with one attached hydrogen (secondary N) is 1. The van der Waals surface area contributed by atoms with Gasteiger partial charge in [-0.25, -0.2) is 9.78 Å². The highest BCUT2D eigenvalue weighted by atomic mass is 32.2. The van der Waals surface area contributed by atoms with E-state index in [1.165, 1.54) is 43.1 Å². The molecule has 0 amide bonds. The van der Waals surface area contributed by atoms with Gasteiger partial charge in [0.05, 0.1) is 0 Å². The van der Waals surface area contributed by atoms with Crippen molar-refractivity contribution in [3.63, 3.8) is 0 Å². The molecule has 7 heteroatoms. The molecule has 0 aliphatic heterocycles. The van der Waals surface area contributed by atoms with Crippen LogP contribution in [0.5, 0.6) is 0 Å². The van der Waals surface area contributed by atoms with E-state index in [-0.39, 0.29) is 5.56 Å². The van der Waals surface area contributed by atoms with Crippen LogP contribution in [0.25, 0.3) is 11.2 Å². The number of nitrogens with zero attached hydrogens (tertiary/aromatic N) is 3. The van der Waals surface area contributed by atoms with Gasteiger partial charge in [-0.1, -0.05) is 70.6 Å². The molecule has 0 spiro atoms. The molecule has 26 heavy (non-hydrogen) atoms. The molecule has 0 aliphatic rings. The van der Waals surface area contributed by atoms with Crippen molar-refractivity contribution in [1.82, 2.24) is 19.1 Å². The van der Waals surface area contributed by atoms with Gasteiger partial charge in [0, 0.05) is 19.3 Å². The summed E-state index contributed by atoms with van der Waals surface area (Å²) in [7, 11) is 1.66. The minimum Gasteiger partial charge on any atom is -0.313 e. The fourth-order valence-corrected chi connectivity index (χ4v) is 4.12. The largest absolute Gasteiger partial charge is 0.329 e. The molecule has 0 aromatic carbocycles. The van der Waals surface area contributed by atoms with Crippen LogP contribution < -0.4 is 11.2 Å². The Morgan fingerprint density at radius 1 is 0.962 bits per heavy atom. The molecule has 0 bridgehead atoms. The van der Waals surface area contributed by atoms with Gasteiger partial charge in [0.2, 0.25) is 0 Å². The van der Waals surface area contributed by atoms with E-state index in [1.54, 1.807) is 18.8 Å². The van der Waals surface area contributed by atoms with Crippen molar-refractivity contribution < 1.29 is 0 Å². The smallest absolute Gasteiger partial charge is 0.313 e. The van der Waals surface area contributed by atoms with Crippen LogP contribution in [0, 0.1) is 0 Å². The Balaban J connectivity index is 2.22. The number of imidazole rings is 1. The zero-order valence-electron chi connectivity index (χ0n) is 16.3. The second-order valence-electron chi connectivity index (χ2n) is 6.86. The van der Waals surface area contributed by atoms with Crippen molar-refractivity contribution in [3.05, 3.63) is 20.8 Å². The molecule has 2 aromatic heterocycles. The van der Waals surface area contributed by atoms with E-state index in [0.29, 0.717) is 11.2 Å². The van der Waals surface area contributed by atoms with E-state index in [4.69, 9.17) is 0 Å². The quantitative estimate of drug-likeness (QED) is 0.445. The molecule has 0 saturated carbocycles. The van der Waals surface area contributed by atoms with Gasteiger partial charge in [-0.3, -0.25) is 14.3 Å². The van der Waals surface area contributed by atoms with Gasteiger partial charge in [0.25, 0.3) is 5.56 Å². The molecule has 0 unspecified atom stereocenters. The predicted molar refractivity (Wildman–Crippen MR) is 109 cm³/mol. The molecule has 0 atom stereocenters. The summed E-state index contributed by atoms with van der Waals surface area (Å²) in [6, 6.07) is 0. The summed E-state index contributed by atoms with van der Waals surface area (Å²) >= 11 is 1.70. The number of H-pyrrole nitrogens is 1. The summed E-state index contributed by atoms with van der Waals surface area (Å²) in [4.78, 5) is 31.3. The maximum absolute atomic E-state index is 12.4. The third kappa shape index (κ3) is 5.25. The fraction of sp³-hybridized carbons (Fsp3) is 0.737. The van der Waals surface area contributed by atoms with Crippen LogP contribution in [0.15, 0.2) is 14.7 Å². The van der Waals surface area contributed by atoms with Crippen LogP contribution in [0.1, 0.15) is 71.6 Å². The van der Waals surface area contributed by atoms with E-state index in [2.05, 4.69) is 23.8 Å². The van der Waals surface area contributed by atoms with Crippen molar-refractivity contribution in [1.29, 1.82) is 0 Å². The van der Waals surface area contributed by atoms with Gasteiger partial charge in [0.1, 0.15) is 0 Å². The highest BCUT2D eigenvalue weighted by molar-refractivity contribution is 7.99. The van der Waals surface area contributed by atoms with Gasteiger partial charge in [-0.15, -0.1) is 0 Å². The number of aromatic amines is 1. The Morgan fingerprint density at radius 2 is 1.62 bits per heavy atom. The number of unbranched alkanes of at least 4 members (excludes halogenated alkanes) is 7. The minimum absolute atomic E-state index is 0.331. The topological polar surface area (TPSA) is 72.7 Å². The van der Waals surface area contributed by atoms with Crippen molar-refractivity contribution in [2.45, 2.75) is 83.3 Å². The molecular weight excluding hydrogens is 348 g/mol. The van der Waals surface area contributed by atoms with Gasteiger partial charge < -0.3 is 4.57 Å². The van der Waals surface area contributed by atoms with E-state index in [0.717, 1.165) is 36.7 Å². The SMILES string of the molecule is CCCCCCCn1c(SCCCCCC)nc2c1c(=O)[nH]c(=O)n2C. The van der Waals surface area contributed by atoms with E-state index < -0.39 is 5.69 Å². The summed E-state index contributed by atoms with van der Waals surface area (Å²) in [5, 5.41) is 0.860. The molecule has 2 heterocycles. The molecule has 1 N–H and O–H groups in total. The predicted octanol–water partition coefficient (Wildman–Crippen LogP) is 4.07. The highest BCUT2D eigenvalue weighted by Crippen LogP contribution is 2.23. The molecule has 6 nitrogen and oxygen atoms in total. The Kier molecular flexibility index (Phi) is 8.48. The van der Waals surface area contributed by atoms with E-state index in [1.807, 2.05) is 4.57 Å². The summed E-state index contributed by atoms with van der Waals surface area (Å²) in [5.74, 6) is 0.991. The van der Waals surface area contributed by atoms with Crippen LogP contribution in [0.3, 0.4) is 0 Å². The number of aromatic nitrogens is 4. The van der Waals surface area contributed by atoms with Crippen LogP contribution in [0.2, 0.25) is 0 Å². The van der Waals surface area contributed by atoms with Crippen molar-refractivity contribution in [2.75, 3.05) is 5.75 Å². The molecule has 0 aliphatic carbocycles. The Morgan fingerprint density at radius 3 is 2.31 bits per heavy atom. The highest BCUT2D eigenvalue weighted by Gasteiger charge is 2.17. The number of fused-ring (bicyclic) bond motifs is 1. The lowest BCUT2D eigenvalue weighted by Gasteiger charge is -2.08. The number of hydrogen-bond donors (Lipinski definition) is 1. The number of thioether (sulfide) groups is 1. The number of rotatable bonds is 12. The van der Waals surface area contributed by atoms with Gasteiger partial charge >= 0.3 is 5.69 Å². The van der Waals surface area contributed by atoms with Crippen LogP contribution >= 0.6 is 11.8 Å². The van der Waals surface area contributed by atoms with Gasteiger partial charge in [0.15, 0.2) is 16.3 Å². The second-order valence-corrected chi connectivity index (χ2v) is 7.92. The van der Waals surface area contributed by atoms with E-state index >= 15 is 0 Å². The van der Waals surface area contributed by atoms with Gasteiger partial charge in [-0.05, 0) is 12.8 Å². The molecule has 0 saturated heterocycles. The lowest BCUT2D eigenvalue weighted by Crippen LogP contribution is -2.29. The zero-order valence-corrected chi connectivity index (χ0v) is 17.2. The molecule has 2 rings (SSSR count). The van der Waals surface area contributed by atoms with Crippen LogP contribution in [0.4, 0.5) is 0 Å². The fourth-order valence-electron chi connectivity index (χ4n) is 3.10. The summed E-state index contributed by atoms with van der Waals surface area (Å²) < 4.78 is 3.45.